The molecule has 0 spiro atoms. The van der Waals surface area contributed by atoms with E-state index in [1.54, 1.807) is 4.90 Å². The zero-order valence-electron chi connectivity index (χ0n) is 19.8. The minimum Gasteiger partial charge on any atom is -0.488 e. The number of aliphatic imine (C=N–C) groups is 1. The second kappa shape index (κ2) is 9.84. The van der Waals surface area contributed by atoms with Gasteiger partial charge in [-0.05, 0) is 74.9 Å². The summed E-state index contributed by atoms with van der Waals surface area (Å²) >= 11 is 1.44. The molecule has 1 amide bonds. The van der Waals surface area contributed by atoms with Crippen molar-refractivity contribution in [2.24, 2.45) is 4.99 Å². The van der Waals surface area contributed by atoms with Crippen molar-refractivity contribution in [3.05, 3.63) is 82.3 Å². The number of amides is 1. The quantitative estimate of drug-likeness (QED) is 0.381. The summed E-state index contributed by atoms with van der Waals surface area (Å²) in [5.74, 6) is 0.757. The first-order valence-corrected chi connectivity index (χ1v) is 12.2. The molecule has 0 aliphatic carbocycles. The summed E-state index contributed by atoms with van der Waals surface area (Å²) in [6, 6.07) is 20.8. The van der Waals surface area contributed by atoms with Gasteiger partial charge in [-0.25, -0.2) is 0 Å². The Morgan fingerprint density at radius 2 is 1.73 bits per heavy atom. The third kappa shape index (κ3) is 5.14. The van der Waals surface area contributed by atoms with E-state index >= 15 is 0 Å². The lowest BCUT2D eigenvalue weighted by molar-refractivity contribution is -0.123. The van der Waals surface area contributed by atoms with Crippen LogP contribution in [0.2, 0.25) is 0 Å². The smallest absolute Gasteiger partial charge is 0.266 e. The summed E-state index contributed by atoms with van der Waals surface area (Å²) < 4.78 is 6.27. The number of hydrogen-bond acceptors (Lipinski definition) is 4. The Balaban J connectivity index is 1.75. The van der Waals surface area contributed by atoms with Crippen molar-refractivity contribution in [1.82, 2.24) is 4.90 Å². The standard InChI is InChI=1S/C28H30N2O2S/c1-18(2)29-28-30(19(3)4)27(31)26(33-28)16-24-23-9-7-6-8-22(23)14-15-25(24)32-17-21-12-10-20(5)11-13-21/h6-16,18-19H,17H2,1-5H3/b26-16+,29-28?. The van der Waals surface area contributed by atoms with E-state index in [0.717, 1.165) is 32.8 Å². The summed E-state index contributed by atoms with van der Waals surface area (Å²) in [5.41, 5.74) is 3.25. The van der Waals surface area contributed by atoms with E-state index in [1.165, 1.54) is 17.3 Å². The highest BCUT2D eigenvalue weighted by molar-refractivity contribution is 8.18. The highest BCUT2D eigenvalue weighted by Gasteiger charge is 2.35. The Bertz CT molecular complexity index is 1230. The van der Waals surface area contributed by atoms with Gasteiger partial charge in [0, 0.05) is 17.6 Å². The van der Waals surface area contributed by atoms with Crippen LogP contribution >= 0.6 is 11.8 Å². The number of fused-ring (bicyclic) bond motifs is 1. The minimum atomic E-state index is -0.00758. The molecule has 1 saturated heterocycles. The molecule has 0 atom stereocenters. The molecule has 4 rings (SSSR count). The van der Waals surface area contributed by atoms with Crippen LogP contribution in [0.1, 0.15) is 44.4 Å². The Morgan fingerprint density at radius 3 is 2.42 bits per heavy atom. The first kappa shape index (κ1) is 23.1. The predicted molar refractivity (Wildman–Crippen MR) is 140 cm³/mol. The fourth-order valence-electron chi connectivity index (χ4n) is 3.78. The normalized spacial score (nSPS) is 16.7. The van der Waals surface area contributed by atoms with Gasteiger partial charge in [0.05, 0.1) is 4.91 Å². The van der Waals surface area contributed by atoms with Crippen LogP contribution in [0.3, 0.4) is 0 Å². The van der Waals surface area contributed by atoms with Crippen LogP contribution in [0.25, 0.3) is 16.8 Å². The number of hydrogen-bond donors (Lipinski definition) is 0. The van der Waals surface area contributed by atoms with Crippen molar-refractivity contribution >= 4 is 39.7 Å². The third-order valence-electron chi connectivity index (χ3n) is 5.44. The molecule has 0 aromatic heterocycles. The van der Waals surface area contributed by atoms with Gasteiger partial charge in [-0.3, -0.25) is 14.7 Å². The molecular weight excluding hydrogens is 428 g/mol. The molecule has 1 aliphatic rings. The lowest BCUT2D eigenvalue weighted by Gasteiger charge is -2.20. The number of thioether (sulfide) groups is 1. The third-order valence-corrected chi connectivity index (χ3v) is 6.44. The molecule has 0 N–H and O–H groups in total. The van der Waals surface area contributed by atoms with Gasteiger partial charge in [-0.1, -0.05) is 60.2 Å². The van der Waals surface area contributed by atoms with Gasteiger partial charge in [0.2, 0.25) is 0 Å². The molecule has 0 unspecified atom stereocenters. The Morgan fingerprint density at radius 1 is 1.00 bits per heavy atom. The highest BCUT2D eigenvalue weighted by Crippen LogP contribution is 2.38. The topological polar surface area (TPSA) is 41.9 Å². The van der Waals surface area contributed by atoms with E-state index in [4.69, 9.17) is 9.73 Å². The summed E-state index contributed by atoms with van der Waals surface area (Å²) in [7, 11) is 0. The second-order valence-corrected chi connectivity index (χ2v) is 9.87. The number of benzene rings is 3. The van der Waals surface area contributed by atoms with E-state index in [9.17, 15) is 4.79 Å². The average Bonchev–Trinajstić information content (AvgIpc) is 3.08. The largest absolute Gasteiger partial charge is 0.488 e. The number of aryl methyl sites for hydroxylation is 1. The number of nitrogens with zero attached hydrogens (tertiary/aromatic N) is 2. The number of amidine groups is 1. The molecular formula is C28H30N2O2S. The van der Waals surface area contributed by atoms with E-state index < -0.39 is 0 Å². The van der Waals surface area contributed by atoms with Crippen LogP contribution in [-0.4, -0.2) is 28.1 Å². The second-order valence-electron chi connectivity index (χ2n) is 8.86. The molecule has 1 fully saturated rings. The highest BCUT2D eigenvalue weighted by atomic mass is 32.2. The maximum absolute atomic E-state index is 13.3. The van der Waals surface area contributed by atoms with E-state index in [-0.39, 0.29) is 18.0 Å². The molecule has 3 aromatic carbocycles. The lowest BCUT2D eigenvalue weighted by atomic mass is 10.0. The Hall–Kier alpha value is -3.05. The minimum absolute atomic E-state index is 0.00758. The van der Waals surface area contributed by atoms with Gasteiger partial charge in [-0.15, -0.1) is 0 Å². The molecule has 0 bridgehead atoms. The molecule has 0 radical (unpaired) electrons. The maximum Gasteiger partial charge on any atom is 0.266 e. The van der Waals surface area contributed by atoms with Crippen LogP contribution in [0.5, 0.6) is 5.75 Å². The van der Waals surface area contributed by atoms with E-state index in [2.05, 4.69) is 49.4 Å². The molecule has 4 nitrogen and oxygen atoms in total. The number of ether oxygens (including phenoxy) is 1. The van der Waals surface area contributed by atoms with Gasteiger partial charge in [-0.2, -0.15) is 0 Å². The lowest BCUT2D eigenvalue weighted by Crippen LogP contribution is -2.35. The van der Waals surface area contributed by atoms with Crippen LogP contribution in [-0.2, 0) is 11.4 Å². The van der Waals surface area contributed by atoms with Crippen LogP contribution in [0, 0.1) is 6.92 Å². The average molecular weight is 459 g/mol. The Labute approximate surface area is 200 Å². The summed E-state index contributed by atoms with van der Waals surface area (Å²) in [6.45, 7) is 10.6. The van der Waals surface area contributed by atoms with Gasteiger partial charge >= 0.3 is 0 Å². The summed E-state index contributed by atoms with van der Waals surface area (Å²) in [4.78, 5) is 20.5. The van der Waals surface area contributed by atoms with Crippen LogP contribution in [0.4, 0.5) is 0 Å². The summed E-state index contributed by atoms with van der Waals surface area (Å²) in [5, 5.41) is 2.93. The van der Waals surface area contributed by atoms with E-state index in [0.29, 0.717) is 11.5 Å². The molecule has 5 heteroatoms. The van der Waals surface area contributed by atoms with E-state index in [1.807, 2.05) is 52.0 Å². The monoisotopic (exact) mass is 458 g/mol. The van der Waals surface area contributed by atoms with Crippen molar-refractivity contribution in [3.8, 4) is 5.75 Å². The molecule has 3 aromatic rings. The molecule has 0 saturated carbocycles. The van der Waals surface area contributed by atoms with Crippen molar-refractivity contribution in [1.29, 1.82) is 0 Å². The van der Waals surface area contributed by atoms with Gasteiger partial charge in [0.15, 0.2) is 5.17 Å². The zero-order valence-corrected chi connectivity index (χ0v) is 20.6. The van der Waals surface area contributed by atoms with Gasteiger partial charge in [0.25, 0.3) is 5.91 Å². The first-order chi connectivity index (χ1) is 15.8. The van der Waals surface area contributed by atoms with Crippen molar-refractivity contribution in [3.63, 3.8) is 0 Å². The van der Waals surface area contributed by atoms with Gasteiger partial charge in [0.1, 0.15) is 12.4 Å². The fourth-order valence-corrected chi connectivity index (χ4v) is 4.99. The number of carbonyl (C=O) groups is 1. The summed E-state index contributed by atoms with van der Waals surface area (Å²) in [6.07, 6.45) is 1.97. The van der Waals surface area contributed by atoms with Crippen molar-refractivity contribution < 1.29 is 9.53 Å². The SMILES string of the molecule is Cc1ccc(COc2ccc3ccccc3c2/C=C2/SC(=NC(C)C)N(C(C)C)C2=O)cc1. The molecule has 33 heavy (non-hydrogen) atoms. The molecule has 1 heterocycles. The number of carbonyl (C=O) groups excluding carboxylic acids is 1. The predicted octanol–water partition coefficient (Wildman–Crippen LogP) is 6.82. The molecule has 1 aliphatic heterocycles. The maximum atomic E-state index is 13.3. The van der Waals surface area contributed by atoms with Crippen molar-refractivity contribution in [2.75, 3.05) is 0 Å². The van der Waals surface area contributed by atoms with Crippen LogP contribution < -0.4 is 4.74 Å². The first-order valence-electron chi connectivity index (χ1n) is 11.3. The fraction of sp³-hybridized carbons (Fsp3) is 0.286. The van der Waals surface area contributed by atoms with Crippen LogP contribution in [0.15, 0.2) is 70.6 Å². The Kier molecular flexibility index (Phi) is 6.89. The molecule has 170 valence electrons. The zero-order chi connectivity index (χ0) is 23.5. The number of rotatable bonds is 6. The van der Waals surface area contributed by atoms with Crippen molar-refractivity contribution in [2.45, 2.75) is 53.3 Å². The van der Waals surface area contributed by atoms with Gasteiger partial charge < -0.3 is 4.74 Å².